The number of aromatic nitrogens is 1. The second-order valence-electron chi connectivity index (χ2n) is 5.86. The second-order valence-corrected chi connectivity index (χ2v) is 7.06. The molecule has 0 aromatic carbocycles. The molecule has 1 N–H and O–H groups in total. The number of hydrogen-bond donors (Lipinski definition) is 1. The van der Waals surface area contributed by atoms with Gasteiger partial charge in [0.15, 0.2) is 0 Å². The van der Waals surface area contributed by atoms with Crippen LogP contribution >= 0.6 is 11.3 Å². The Kier molecular flexibility index (Phi) is 3.67. The van der Waals surface area contributed by atoms with Gasteiger partial charge in [-0.15, -0.1) is 11.3 Å². The Morgan fingerprint density at radius 2 is 2.11 bits per heavy atom. The summed E-state index contributed by atoms with van der Waals surface area (Å²) in [6.07, 6.45) is 6.29. The minimum Gasteiger partial charge on any atom is -0.378 e. The monoisotopic (exact) mass is 280 g/mol. The van der Waals surface area contributed by atoms with Crippen molar-refractivity contribution in [1.82, 2.24) is 10.3 Å². The fourth-order valence-electron chi connectivity index (χ4n) is 3.00. The normalized spacial score (nSPS) is 30.4. The third kappa shape index (κ3) is 2.58. The van der Waals surface area contributed by atoms with Gasteiger partial charge in [-0.05, 0) is 46.0 Å². The fraction of sp³-hybridized carbons (Fsp3) is 0.800. The number of rotatable bonds is 6. The van der Waals surface area contributed by atoms with Gasteiger partial charge in [-0.1, -0.05) is 6.92 Å². The molecule has 0 spiro atoms. The molecular formula is C15H24N2OS. The fourth-order valence-corrected chi connectivity index (χ4v) is 4.18. The lowest BCUT2D eigenvalue weighted by Crippen LogP contribution is -2.56. The van der Waals surface area contributed by atoms with Gasteiger partial charge in [-0.3, -0.25) is 0 Å². The van der Waals surface area contributed by atoms with Crippen LogP contribution in [0.1, 0.15) is 55.1 Å². The summed E-state index contributed by atoms with van der Waals surface area (Å²) in [5, 5.41) is 5.14. The lowest BCUT2D eigenvalue weighted by molar-refractivity contribution is -0.0544. The highest BCUT2D eigenvalue weighted by atomic mass is 32.1. The van der Waals surface area contributed by atoms with E-state index in [4.69, 9.17) is 9.72 Å². The Morgan fingerprint density at radius 1 is 1.37 bits per heavy atom. The lowest BCUT2D eigenvalue weighted by atomic mass is 9.74. The van der Waals surface area contributed by atoms with Crippen molar-refractivity contribution in [3.8, 4) is 0 Å². The first-order valence-corrected chi connectivity index (χ1v) is 8.34. The predicted molar refractivity (Wildman–Crippen MR) is 78.7 cm³/mol. The topological polar surface area (TPSA) is 34.1 Å². The van der Waals surface area contributed by atoms with Crippen LogP contribution in [0.25, 0.3) is 0 Å². The summed E-state index contributed by atoms with van der Waals surface area (Å²) < 4.78 is 5.76. The number of thiazole rings is 1. The molecule has 0 unspecified atom stereocenters. The predicted octanol–water partition coefficient (Wildman–Crippen LogP) is 3.16. The maximum Gasteiger partial charge on any atom is 0.113 e. The van der Waals surface area contributed by atoms with Crippen molar-refractivity contribution >= 4 is 11.3 Å². The largest absolute Gasteiger partial charge is 0.378 e. The van der Waals surface area contributed by atoms with Gasteiger partial charge in [-0.2, -0.15) is 0 Å². The van der Waals surface area contributed by atoms with Crippen molar-refractivity contribution in [2.24, 2.45) is 0 Å². The summed E-state index contributed by atoms with van der Waals surface area (Å²) in [5.74, 6) is 0. The molecule has 1 heterocycles. The molecule has 3 rings (SSSR count). The molecule has 4 heteroatoms. The molecule has 0 radical (unpaired) electrons. The van der Waals surface area contributed by atoms with E-state index in [-0.39, 0.29) is 5.54 Å². The molecule has 0 bridgehead atoms. The molecular weight excluding hydrogens is 256 g/mol. The molecule has 0 amide bonds. The minimum atomic E-state index is 0.115. The average molecular weight is 280 g/mol. The first kappa shape index (κ1) is 13.5. The summed E-state index contributed by atoms with van der Waals surface area (Å²) in [6.45, 7) is 7.29. The van der Waals surface area contributed by atoms with E-state index >= 15 is 0 Å². The highest BCUT2D eigenvalue weighted by Crippen LogP contribution is 2.47. The van der Waals surface area contributed by atoms with Crippen LogP contribution in [0.3, 0.4) is 0 Å². The third-order valence-corrected chi connectivity index (χ3v) is 5.47. The van der Waals surface area contributed by atoms with Crippen LogP contribution in [0.2, 0.25) is 0 Å². The molecule has 3 nitrogen and oxygen atoms in total. The van der Waals surface area contributed by atoms with E-state index in [1.165, 1.54) is 28.4 Å². The van der Waals surface area contributed by atoms with Crippen LogP contribution in [0.4, 0.5) is 0 Å². The van der Waals surface area contributed by atoms with Crippen LogP contribution in [-0.4, -0.2) is 23.7 Å². The zero-order valence-electron chi connectivity index (χ0n) is 12.2. The SMILES string of the molecule is CCOC1CC(NC2CC2)(c2nc(CC)c(C)s2)C1. The van der Waals surface area contributed by atoms with Crippen LogP contribution in [-0.2, 0) is 16.7 Å². The molecule has 2 saturated carbocycles. The van der Waals surface area contributed by atoms with Gasteiger partial charge in [0.2, 0.25) is 0 Å². The summed E-state index contributed by atoms with van der Waals surface area (Å²) in [5.41, 5.74) is 1.39. The second kappa shape index (κ2) is 5.15. The Balaban J connectivity index is 1.78. The number of nitrogens with one attached hydrogen (secondary N) is 1. The van der Waals surface area contributed by atoms with Crippen molar-refractivity contribution in [1.29, 1.82) is 0 Å². The van der Waals surface area contributed by atoms with Crippen molar-refractivity contribution in [2.75, 3.05) is 6.61 Å². The smallest absolute Gasteiger partial charge is 0.113 e. The van der Waals surface area contributed by atoms with Gasteiger partial charge in [0.1, 0.15) is 5.01 Å². The number of nitrogens with zero attached hydrogens (tertiary/aromatic N) is 1. The van der Waals surface area contributed by atoms with E-state index in [0.29, 0.717) is 6.10 Å². The number of hydrogen-bond acceptors (Lipinski definition) is 4. The Hall–Kier alpha value is -0.450. The zero-order chi connectivity index (χ0) is 13.5. The Bertz CT molecular complexity index is 447. The number of ether oxygens (including phenoxy) is 1. The van der Waals surface area contributed by atoms with Gasteiger partial charge in [0.05, 0.1) is 17.3 Å². The Morgan fingerprint density at radius 3 is 2.63 bits per heavy atom. The summed E-state index contributed by atoms with van der Waals surface area (Å²) >= 11 is 1.88. The van der Waals surface area contributed by atoms with Crippen LogP contribution in [0, 0.1) is 6.92 Å². The standard InChI is InChI=1S/C15H24N2OS/c1-4-13-10(3)19-14(16-13)15(17-11-6-7-11)8-12(9-15)18-5-2/h11-12,17H,4-9H2,1-3H3. The number of aryl methyl sites for hydroxylation is 2. The van der Waals surface area contributed by atoms with Gasteiger partial charge >= 0.3 is 0 Å². The van der Waals surface area contributed by atoms with Gasteiger partial charge < -0.3 is 10.1 Å². The molecule has 2 aliphatic carbocycles. The van der Waals surface area contributed by atoms with E-state index < -0.39 is 0 Å². The highest BCUT2D eigenvalue weighted by molar-refractivity contribution is 7.11. The first-order valence-electron chi connectivity index (χ1n) is 7.53. The van der Waals surface area contributed by atoms with E-state index in [1.54, 1.807) is 0 Å². The third-order valence-electron chi connectivity index (χ3n) is 4.25. The van der Waals surface area contributed by atoms with Crippen LogP contribution in [0.15, 0.2) is 0 Å². The van der Waals surface area contributed by atoms with Gasteiger partial charge in [-0.25, -0.2) is 4.98 Å². The molecule has 106 valence electrons. The maximum atomic E-state index is 5.76. The van der Waals surface area contributed by atoms with E-state index in [2.05, 4.69) is 26.1 Å². The molecule has 1 aromatic rings. The van der Waals surface area contributed by atoms with Gasteiger partial charge in [0.25, 0.3) is 0 Å². The van der Waals surface area contributed by atoms with Crippen LogP contribution in [0.5, 0.6) is 0 Å². The summed E-state index contributed by atoms with van der Waals surface area (Å²) in [4.78, 5) is 6.28. The average Bonchev–Trinajstić information content (AvgIpc) is 3.07. The minimum absolute atomic E-state index is 0.115. The van der Waals surface area contributed by atoms with Crippen molar-refractivity contribution in [2.45, 2.75) is 70.6 Å². The first-order chi connectivity index (χ1) is 9.16. The quantitative estimate of drug-likeness (QED) is 0.869. The molecule has 2 fully saturated rings. The summed E-state index contributed by atoms with van der Waals surface area (Å²) in [6, 6.07) is 0.719. The molecule has 2 aliphatic rings. The maximum absolute atomic E-state index is 5.76. The van der Waals surface area contributed by atoms with Crippen molar-refractivity contribution < 1.29 is 4.74 Å². The zero-order valence-corrected chi connectivity index (χ0v) is 13.0. The van der Waals surface area contributed by atoms with E-state index in [9.17, 15) is 0 Å². The highest BCUT2D eigenvalue weighted by Gasteiger charge is 2.50. The Labute approximate surface area is 119 Å². The van der Waals surface area contributed by atoms with Crippen LogP contribution < -0.4 is 5.32 Å². The molecule has 0 atom stereocenters. The lowest BCUT2D eigenvalue weighted by Gasteiger charge is -2.46. The molecule has 0 saturated heterocycles. The van der Waals surface area contributed by atoms with Gasteiger partial charge in [0, 0.05) is 17.5 Å². The van der Waals surface area contributed by atoms with E-state index in [0.717, 1.165) is 31.9 Å². The van der Waals surface area contributed by atoms with E-state index in [1.807, 2.05) is 11.3 Å². The van der Waals surface area contributed by atoms with Crippen molar-refractivity contribution in [3.05, 3.63) is 15.6 Å². The van der Waals surface area contributed by atoms with Crippen molar-refractivity contribution in [3.63, 3.8) is 0 Å². The molecule has 19 heavy (non-hydrogen) atoms. The molecule has 1 aromatic heterocycles. The molecule has 0 aliphatic heterocycles. The summed E-state index contributed by atoms with van der Waals surface area (Å²) in [7, 11) is 0.